The van der Waals surface area contributed by atoms with E-state index in [1.165, 1.54) is 10.7 Å². The van der Waals surface area contributed by atoms with Crippen molar-refractivity contribution >= 4 is 5.82 Å². The van der Waals surface area contributed by atoms with Gasteiger partial charge in [-0.2, -0.15) is 5.10 Å². The summed E-state index contributed by atoms with van der Waals surface area (Å²) in [4.78, 5) is 0. The largest absolute Gasteiger partial charge is 0.384 e. The lowest BCUT2D eigenvalue weighted by Crippen LogP contribution is -2.01. The molecule has 5 heteroatoms. The summed E-state index contributed by atoms with van der Waals surface area (Å²) in [5.74, 6) is -0.847. The first-order chi connectivity index (χ1) is 10.1. The van der Waals surface area contributed by atoms with Crippen molar-refractivity contribution in [3.8, 4) is 16.9 Å². The minimum absolute atomic E-state index is 0.232. The van der Waals surface area contributed by atoms with E-state index in [2.05, 4.69) is 5.10 Å². The second kappa shape index (κ2) is 5.01. The van der Waals surface area contributed by atoms with Crippen molar-refractivity contribution in [2.75, 3.05) is 5.73 Å². The molecule has 1 aromatic heterocycles. The van der Waals surface area contributed by atoms with Gasteiger partial charge in [0.25, 0.3) is 0 Å². The highest BCUT2D eigenvalue weighted by Gasteiger charge is 2.14. The monoisotopic (exact) mass is 285 g/mol. The number of nitrogen functional groups attached to an aromatic ring is 1. The molecule has 0 aliphatic rings. The number of nitrogens with zero attached hydrogens (tertiary/aromatic N) is 2. The van der Waals surface area contributed by atoms with Crippen LogP contribution in [0.15, 0.2) is 48.5 Å². The number of nitrogens with two attached hydrogens (primary N) is 1. The number of aryl methyl sites for hydroxylation is 1. The number of halogens is 2. The highest BCUT2D eigenvalue weighted by Crippen LogP contribution is 2.27. The molecule has 3 nitrogen and oxygen atoms in total. The number of rotatable bonds is 2. The van der Waals surface area contributed by atoms with Crippen LogP contribution in [0.25, 0.3) is 16.9 Å². The van der Waals surface area contributed by atoms with Crippen LogP contribution in [-0.4, -0.2) is 9.78 Å². The molecule has 1 heterocycles. The molecule has 0 amide bonds. The molecule has 3 rings (SSSR count). The van der Waals surface area contributed by atoms with Gasteiger partial charge in [-0.3, -0.25) is 0 Å². The van der Waals surface area contributed by atoms with Gasteiger partial charge in [0, 0.05) is 17.7 Å². The van der Waals surface area contributed by atoms with Gasteiger partial charge < -0.3 is 5.73 Å². The van der Waals surface area contributed by atoms with Crippen LogP contribution in [0.1, 0.15) is 5.56 Å². The number of hydrogen-bond acceptors (Lipinski definition) is 2. The summed E-state index contributed by atoms with van der Waals surface area (Å²) in [5, 5.41) is 4.31. The molecule has 0 spiro atoms. The van der Waals surface area contributed by atoms with Crippen LogP contribution < -0.4 is 5.73 Å². The van der Waals surface area contributed by atoms with Crippen LogP contribution in [0.5, 0.6) is 0 Å². The fourth-order valence-electron chi connectivity index (χ4n) is 2.16. The van der Waals surface area contributed by atoms with Gasteiger partial charge in [0.2, 0.25) is 0 Å². The van der Waals surface area contributed by atoms with E-state index in [1.54, 1.807) is 13.0 Å². The van der Waals surface area contributed by atoms with Crippen molar-refractivity contribution in [1.29, 1.82) is 0 Å². The number of hydrogen-bond donors (Lipinski definition) is 1. The highest BCUT2D eigenvalue weighted by molar-refractivity contribution is 5.65. The van der Waals surface area contributed by atoms with Gasteiger partial charge in [-0.05, 0) is 30.7 Å². The molecule has 0 aliphatic carbocycles. The first kappa shape index (κ1) is 13.3. The Morgan fingerprint density at radius 2 is 1.71 bits per heavy atom. The van der Waals surface area contributed by atoms with E-state index in [0.717, 1.165) is 11.8 Å². The summed E-state index contributed by atoms with van der Waals surface area (Å²) in [7, 11) is 0. The highest BCUT2D eigenvalue weighted by atomic mass is 19.1. The zero-order valence-electron chi connectivity index (χ0n) is 11.3. The lowest BCUT2D eigenvalue weighted by atomic mass is 10.1. The van der Waals surface area contributed by atoms with Crippen LogP contribution in [0.4, 0.5) is 14.6 Å². The maximum absolute atomic E-state index is 13.9. The molecule has 106 valence electrons. The first-order valence-corrected chi connectivity index (χ1v) is 6.43. The SMILES string of the molecule is Cc1cc(-c2cc(N)n(-c3ccccc3)n2)c(F)cc1F. The van der Waals surface area contributed by atoms with Gasteiger partial charge in [0.15, 0.2) is 0 Å². The number of benzene rings is 2. The minimum atomic E-state index is -0.657. The van der Waals surface area contributed by atoms with Crippen LogP contribution in [-0.2, 0) is 0 Å². The zero-order valence-corrected chi connectivity index (χ0v) is 11.3. The molecule has 0 saturated heterocycles. The van der Waals surface area contributed by atoms with Gasteiger partial charge in [0.1, 0.15) is 17.5 Å². The van der Waals surface area contributed by atoms with Gasteiger partial charge in [-0.25, -0.2) is 13.5 Å². The standard InChI is InChI=1S/C16H13F2N3/c1-10-7-12(14(18)8-13(10)17)15-9-16(19)21(20-15)11-5-3-2-4-6-11/h2-9H,19H2,1H3. The number of anilines is 1. The molecule has 0 fully saturated rings. The van der Waals surface area contributed by atoms with Gasteiger partial charge in [-0.1, -0.05) is 18.2 Å². The number of para-hydroxylation sites is 1. The third kappa shape index (κ3) is 2.38. The quantitative estimate of drug-likeness (QED) is 0.780. The molecule has 0 radical (unpaired) electrons. The third-order valence-electron chi connectivity index (χ3n) is 3.26. The van der Waals surface area contributed by atoms with Crippen molar-refractivity contribution in [3.05, 3.63) is 65.7 Å². The molecule has 3 aromatic rings. The predicted molar refractivity (Wildman–Crippen MR) is 78.1 cm³/mol. The average molecular weight is 285 g/mol. The molecule has 0 aliphatic heterocycles. The number of aromatic nitrogens is 2. The average Bonchev–Trinajstić information content (AvgIpc) is 2.85. The lowest BCUT2D eigenvalue weighted by Gasteiger charge is -2.04. The molecule has 0 bridgehead atoms. The summed E-state index contributed by atoms with van der Waals surface area (Å²) in [6, 6.07) is 13.2. The van der Waals surface area contributed by atoms with E-state index in [4.69, 9.17) is 5.73 Å². The van der Waals surface area contributed by atoms with Crippen molar-refractivity contribution in [3.63, 3.8) is 0 Å². The molecule has 2 aromatic carbocycles. The molecular formula is C16H13F2N3. The second-order valence-electron chi connectivity index (χ2n) is 4.78. The van der Waals surface area contributed by atoms with Gasteiger partial charge in [-0.15, -0.1) is 0 Å². The lowest BCUT2D eigenvalue weighted by molar-refractivity contribution is 0.579. The van der Waals surface area contributed by atoms with Crippen molar-refractivity contribution < 1.29 is 8.78 Å². The molecule has 0 unspecified atom stereocenters. The Morgan fingerprint density at radius 3 is 2.43 bits per heavy atom. The Hall–Kier alpha value is -2.69. The molecule has 0 atom stereocenters. The Kier molecular flexibility index (Phi) is 3.17. The third-order valence-corrected chi connectivity index (χ3v) is 3.26. The summed E-state index contributed by atoms with van der Waals surface area (Å²) < 4.78 is 28.8. The zero-order chi connectivity index (χ0) is 15.0. The van der Waals surface area contributed by atoms with Crippen molar-refractivity contribution in [2.24, 2.45) is 0 Å². The van der Waals surface area contributed by atoms with E-state index >= 15 is 0 Å². The van der Waals surface area contributed by atoms with Crippen LogP contribution in [0, 0.1) is 18.6 Å². The first-order valence-electron chi connectivity index (χ1n) is 6.43. The maximum atomic E-state index is 13.9. The summed E-state index contributed by atoms with van der Waals surface area (Å²) >= 11 is 0. The maximum Gasteiger partial charge on any atom is 0.135 e. The summed E-state index contributed by atoms with van der Waals surface area (Å²) in [5.41, 5.74) is 7.68. The molecular weight excluding hydrogens is 272 g/mol. The predicted octanol–water partition coefficient (Wildman–Crippen LogP) is 3.71. The Balaban J connectivity index is 2.12. The van der Waals surface area contributed by atoms with Gasteiger partial charge >= 0.3 is 0 Å². The van der Waals surface area contributed by atoms with E-state index in [9.17, 15) is 8.78 Å². The molecule has 0 saturated carbocycles. The smallest absolute Gasteiger partial charge is 0.135 e. The van der Waals surface area contributed by atoms with E-state index in [1.807, 2.05) is 30.3 Å². The van der Waals surface area contributed by atoms with Crippen LogP contribution in [0.2, 0.25) is 0 Å². The Morgan fingerprint density at radius 1 is 1.00 bits per heavy atom. The van der Waals surface area contributed by atoms with E-state index in [0.29, 0.717) is 17.1 Å². The van der Waals surface area contributed by atoms with Crippen molar-refractivity contribution in [1.82, 2.24) is 9.78 Å². The molecule has 21 heavy (non-hydrogen) atoms. The summed E-state index contributed by atoms with van der Waals surface area (Å²) in [6.45, 7) is 1.58. The normalized spacial score (nSPS) is 10.8. The Bertz CT molecular complexity index is 795. The van der Waals surface area contributed by atoms with E-state index < -0.39 is 11.6 Å². The van der Waals surface area contributed by atoms with E-state index in [-0.39, 0.29) is 5.56 Å². The fourth-order valence-corrected chi connectivity index (χ4v) is 2.16. The van der Waals surface area contributed by atoms with Crippen LogP contribution in [0.3, 0.4) is 0 Å². The fraction of sp³-hybridized carbons (Fsp3) is 0.0625. The summed E-state index contributed by atoms with van der Waals surface area (Å²) in [6.07, 6.45) is 0. The Labute approximate surface area is 120 Å². The molecule has 2 N–H and O–H groups in total. The van der Waals surface area contributed by atoms with Gasteiger partial charge in [0.05, 0.1) is 11.4 Å². The second-order valence-corrected chi connectivity index (χ2v) is 4.78. The minimum Gasteiger partial charge on any atom is -0.384 e. The van der Waals surface area contributed by atoms with Crippen LogP contribution >= 0.6 is 0 Å². The topological polar surface area (TPSA) is 43.8 Å². The van der Waals surface area contributed by atoms with Crippen molar-refractivity contribution in [2.45, 2.75) is 6.92 Å².